The first-order valence-electron chi connectivity index (χ1n) is 4.34. The van der Waals surface area contributed by atoms with Gasteiger partial charge in [-0.15, -0.1) is 0 Å². The number of thioether (sulfide) groups is 1. The molecule has 0 amide bonds. The number of aliphatic carboxylic acids is 1. The molecule has 1 aromatic rings. The van der Waals surface area contributed by atoms with Gasteiger partial charge < -0.3 is 9.84 Å². The second-order valence-corrected chi connectivity index (χ2v) is 3.84. The van der Waals surface area contributed by atoms with Gasteiger partial charge in [-0.25, -0.2) is 4.79 Å². The second kappa shape index (κ2) is 5.46. The van der Waals surface area contributed by atoms with E-state index in [9.17, 15) is 4.79 Å². The minimum Gasteiger partial charge on any atom is -0.497 e. The highest BCUT2D eigenvalue weighted by atomic mass is 32.2. The van der Waals surface area contributed by atoms with Crippen molar-refractivity contribution < 1.29 is 14.6 Å². The molecule has 0 aliphatic rings. The maximum Gasteiger partial charge on any atom is 0.328 e. The summed E-state index contributed by atoms with van der Waals surface area (Å²) < 4.78 is 5.07. The molecule has 0 aliphatic carbocycles. The molecule has 0 saturated heterocycles. The van der Waals surface area contributed by atoms with Crippen LogP contribution >= 0.6 is 11.8 Å². The molecule has 0 fully saturated rings. The number of aryl methyl sites for hydroxylation is 1. The van der Waals surface area contributed by atoms with Gasteiger partial charge in [0.1, 0.15) is 5.75 Å². The normalized spacial score (nSPS) is 10.5. The first-order valence-corrected chi connectivity index (χ1v) is 5.22. The molecule has 0 saturated carbocycles. The first kappa shape index (κ1) is 11.7. The van der Waals surface area contributed by atoms with Gasteiger partial charge in [0.25, 0.3) is 0 Å². The molecule has 1 N–H and O–H groups in total. The third-order valence-electron chi connectivity index (χ3n) is 1.79. The molecule has 3 nitrogen and oxygen atoms in total. The van der Waals surface area contributed by atoms with E-state index >= 15 is 0 Å². The Labute approximate surface area is 92.8 Å². The van der Waals surface area contributed by atoms with Gasteiger partial charge in [0, 0.05) is 11.0 Å². The summed E-state index contributed by atoms with van der Waals surface area (Å²) in [5.74, 6) is -0.132. The Morgan fingerprint density at radius 1 is 1.53 bits per heavy atom. The van der Waals surface area contributed by atoms with Crippen LogP contribution in [0.3, 0.4) is 0 Å². The molecule has 0 atom stereocenters. The van der Waals surface area contributed by atoms with Crippen LogP contribution in [0.2, 0.25) is 0 Å². The van der Waals surface area contributed by atoms with Crippen molar-refractivity contribution in [2.24, 2.45) is 0 Å². The van der Waals surface area contributed by atoms with Crippen molar-refractivity contribution in [2.75, 3.05) is 7.11 Å². The van der Waals surface area contributed by atoms with Crippen LogP contribution in [-0.2, 0) is 4.79 Å². The van der Waals surface area contributed by atoms with Crippen molar-refractivity contribution in [1.82, 2.24) is 0 Å². The summed E-state index contributed by atoms with van der Waals surface area (Å²) in [7, 11) is 1.62. The quantitative estimate of drug-likeness (QED) is 0.631. The standard InChI is InChI=1S/C11H12O3S/c1-8-7-9(14-2)3-4-10(8)15-6-5-11(12)13/h3-7H,1-2H3,(H,12,13)/b6-5+. The Morgan fingerprint density at radius 2 is 2.27 bits per heavy atom. The van der Waals surface area contributed by atoms with Crippen LogP contribution < -0.4 is 4.74 Å². The summed E-state index contributed by atoms with van der Waals surface area (Å²) >= 11 is 1.38. The summed E-state index contributed by atoms with van der Waals surface area (Å²) in [5, 5.41) is 9.98. The molecule has 0 aliphatic heterocycles. The molecular weight excluding hydrogens is 212 g/mol. The minimum absolute atomic E-state index is 0.805. The van der Waals surface area contributed by atoms with E-state index in [1.807, 2.05) is 25.1 Å². The predicted octanol–water partition coefficient (Wildman–Crippen LogP) is 2.69. The van der Waals surface area contributed by atoms with E-state index in [1.54, 1.807) is 12.5 Å². The lowest BCUT2D eigenvalue weighted by Gasteiger charge is -2.04. The Morgan fingerprint density at radius 3 is 2.80 bits per heavy atom. The van der Waals surface area contributed by atoms with Crippen LogP contribution in [0.5, 0.6) is 5.75 Å². The lowest BCUT2D eigenvalue weighted by molar-refractivity contribution is -0.131. The number of rotatable bonds is 4. The summed E-state index contributed by atoms with van der Waals surface area (Å²) in [6.45, 7) is 1.96. The maximum atomic E-state index is 10.3. The van der Waals surface area contributed by atoms with Gasteiger partial charge in [-0.05, 0) is 36.1 Å². The third kappa shape index (κ3) is 3.67. The third-order valence-corrected chi connectivity index (χ3v) is 2.77. The fourth-order valence-corrected chi connectivity index (χ4v) is 1.77. The second-order valence-electron chi connectivity index (χ2n) is 2.89. The number of hydrogen-bond donors (Lipinski definition) is 1. The molecule has 15 heavy (non-hydrogen) atoms. The van der Waals surface area contributed by atoms with Gasteiger partial charge >= 0.3 is 5.97 Å². The smallest absolute Gasteiger partial charge is 0.328 e. The molecule has 0 unspecified atom stereocenters. The molecule has 0 radical (unpaired) electrons. The first-order chi connectivity index (χ1) is 7.13. The summed E-state index contributed by atoms with van der Waals surface area (Å²) in [4.78, 5) is 11.3. The molecule has 1 aromatic carbocycles. The van der Waals surface area contributed by atoms with Crippen LogP contribution in [0, 0.1) is 6.92 Å². The van der Waals surface area contributed by atoms with E-state index in [0.29, 0.717) is 0 Å². The van der Waals surface area contributed by atoms with Crippen molar-refractivity contribution in [3.05, 3.63) is 35.2 Å². The van der Waals surface area contributed by atoms with E-state index in [4.69, 9.17) is 9.84 Å². The molecule has 0 aromatic heterocycles. The fourth-order valence-electron chi connectivity index (χ4n) is 1.05. The summed E-state index contributed by atoms with van der Waals surface area (Å²) in [6, 6.07) is 5.67. The van der Waals surface area contributed by atoms with Crippen LogP contribution in [0.15, 0.2) is 34.6 Å². The monoisotopic (exact) mass is 224 g/mol. The van der Waals surface area contributed by atoms with Gasteiger partial charge in [0.15, 0.2) is 0 Å². The molecule has 0 spiro atoms. The van der Waals surface area contributed by atoms with E-state index < -0.39 is 5.97 Å². The van der Waals surface area contributed by atoms with Crippen LogP contribution in [0.25, 0.3) is 0 Å². The molecule has 4 heteroatoms. The lowest BCUT2D eigenvalue weighted by Crippen LogP contribution is -1.86. The lowest BCUT2D eigenvalue weighted by atomic mass is 10.2. The van der Waals surface area contributed by atoms with Crippen molar-refractivity contribution in [2.45, 2.75) is 11.8 Å². The fraction of sp³-hybridized carbons (Fsp3) is 0.182. The number of carboxylic acids is 1. The van der Waals surface area contributed by atoms with Gasteiger partial charge in [0.05, 0.1) is 7.11 Å². The summed E-state index contributed by atoms with van der Waals surface area (Å²) in [6.07, 6.45) is 1.12. The zero-order valence-corrected chi connectivity index (χ0v) is 9.38. The number of benzene rings is 1. The summed E-state index contributed by atoms with van der Waals surface area (Å²) in [5.41, 5.74) is 1.06. The maximum absolute atomic E-state index is 10.3. The minimum atomic E-state index is -0.936. The van der Waals surface area contributed by atoms with Crippen molar-refractivity contribution in [3.8, 4) is 5.75 Å². The van der Waals surface area contributed by atoms with Crippen molar-refractivity contribution in [3.63, 3.8) is 0 Å². The Bertz CT molecular complexity index is 385. The van der Waals surface area contributed by atoms with Gasteiger partial charge in [-0.1, -0.05) is 11.8 Å². The molecule has 0 heterocycles. The average Bonchev–Trinajstić information content (AvgIpc) is 2.20. The van der Waals surface area contributed by atoms with Gasteiger partial charge in [-0.3, -0.25) is 0 Å². The predicted molar refractivity (Wildman–Crippen MR) is 60.4 cm³/mol. The van der Waals surface area contributed by atoms with Crippen molar-refractivity contribution >= 4 is 17.7 Å². The number of carboxylic acid groups (broad SMARTS) is 1. The number of hydrogen-bond acceptors (Lipinski definition) is 3. The zero-order valence-electron chi connectivity index (χ0n) is 8.56. The van der Waals surface area contributed by atoms with Crippen molar-refractivity contribution in [1.29, 1.82) is 0 Å². The molecule has 80 valence electrons. The molecular formula is C11H12O3S. The highest BCUT2D eigenvalue weighted by Gasteiger charge is 1.99. The molecule has 1 rings (SSSR count). The Kier molecular flexibility index (Phi) is 4.24. The average molecular weight is 224 g/mol. The van der Waals surface area contributed by atoms with E-state index in [0.717, 1.165) is 22.3 Å². The van der Waals surface area contributed by atoms with E-state index in [-0.39, 0.29) is 0 Å². The van der Waals surface area contributed by atoms with Crippen LogP contribution in [0.4, 0.5) is 0 Å². The zero-order chi connectivity index (χ0) is 11.3. The number of methoxy groups -OCH3 is 1. The highest BCUT2D eigenvalue weighted by Crippen LogP contribution is 2.26. The SMILES string of the molecule is COc1ccc(S/C=C/C(=O)O)c(C)c1. The number of carbonyl (C=O) groups is 1. The van der Waals surface area contributed by atoms with Gasteiger partial charge in [-0.2, -0.15) is 0 Å². The van der Waals surface area contributed by atoms with E-state index in [2.05, 4.69) is 0 Å². The van der Waals surface area contributed by atoms with Crippen LogP contribution in [-0.4, -0.2) is 18.2 Å². The van der Waals surface area contributed by atoms with Crippen LogP contribution in [0.1, 0.15) is 5.56 Å². The highest BCUT2D eigenvalue weighted by molar-refractivity contribution is 8.02. The number of ether oxygens (including phenoxy) is 1. The Hall–Kier alpha value is -1.42. The van der Waals surface area contributed by atoms with E-state index in [1.165, 1.54) is 11.8 Å². The van der Waals surface area contributed by atoms with Gasteiger partial charge in [0.2, 0.25) is 0 Å². The largest absolute Gasteiger partial charge is 0.497 e. The topological polar surface area (TPSA) is 46.5 Å². The Balaban J connectivity index is 2.74. The molecule has 0 bridgehead atoms.